The van der Waals surface area contributed by atoms with Crippen LogP contribution in [-0.4, -0.2) is 4.98 Å². The number of azide groups is 2. The number of halogens is 2. The SMILES string of the molecule is [N-]=[N+]=Nc1nc(N=[N+]=[N-])c(F)c(N)c1F. The van der Waals surface area contributed by atoms with Crippen LogP contribution < -0.4 is 5.73 Å². The van der Waals surface area contributed by atoms with E-state index in [0.717, 1.165) is 0 Å². The van der Waals surface area contributed by atoms with E-state index >= 15 is 0 Å². The lowest BCUT2D eigenvalue weighted by Gasteiger charge is -2.02. The highest BCUT2D eigenvalue weighted by Gasteiger charge is 2.16. The Hall–Kier alpha value is -2.57. The van der Waals surface area contributed by atoms with Crippen molar-refractivity contribution in [3.63, 3.8) is 0 Å². The highest BCUT2D eigenvalue weighted by molar-refractivity contribution is 5.56. The summed E-state index contributed by atoms with van der Waals surface area (Å²) in [7, 11) is 0. The van der Waals surface area contributed by atoms with E-state index in [2.05, 4.69) is 25.0 Å². The van der Waals surface area contributed by atoms with E-state index < -0.39 is 29.0 Å². The first-order valence-corrected chi connectivity index (χ1v) is 3.36. The number of nitrogens with two attached hydrogens (primary N) is 1. The minimum atomic E-state index is -1.30. The maximum atomic E-state index is 13.0. The molecule has 1 aromatic heterocycles. The predicted molar refractivity (Wildman–Crippen MR) is 46.2 cm³/mol. The van der Waals surface area contributed by atoms with Gasteiger partial charge in [0.15, 0.2) is 23.3 Å². The quantitative estimate of drug-likeness (QED) is 0.457. The molecule has 0 saturated carbocycles. The molecule has 0 aliphatic rings. The van der Waals surface area contributed by atoms with Crippen molar-refractivity contribution in [2.75, 3.05) is 5.73 Å². The molecule has 0 amide bonds. The maximum Gasteiger partial charge on any atom is 0.177 e. The molecule has 10 heteroatoms. The first-order valence-electron chi connectivity index (χ1n) is 3.36. The molecule has 8 nitrogen and oxygen atoms in total. The number of aromatic nitrogens is 1. The lowest BCUT2D eigenvalue weighted by molar-refractivity contribution is 0.585. The van der Waals surface area contributed by atoms with Crippen molar-refractivity contribution >= 4 is 17.3 Å². The summed E-state index contributed by atoms with van der Waals surface area (Å²) in [4.78, 5) is 7.64. The van der Waals surface area contributed by atoms with Crippen LogP contribution in [0, 0.1) is 11.6 Å². The second-order valence-corrected chi connectivity index (χ2v) is 2.18. The molecule has 0 unspecified atom stereocenters. The van der Waals surface area contributed by atoms with Crippen molar-refractivity contribution < 1.29 is 8.78 Å². The van der Waals surface area contributed by atoms with Gasteiger partial charge < -0.3 is 5.73 Å². The van der Waals surface area contributed by atoms with Gasteiger partial charge >= 0.3 is 0 Å². The molecule has 15 heavy (non-hydrogen) atoms. The minimum absolute atomic E-state index is 0.779. The molecule has 0 aliphatic carbocycles. The number of nitrogen functional groups attached to an aromatic ring is 1. The van der Waals surface area contributed by atoms with Gasteiger partial charge in [-0.15, -0.1) is 0 Å². The third kappa shape index (κ3) is 1.85. The second kappa shape index (κ2) is 4.09. The van der Waals surface area contributed by atoms with Crippen LogP contribution in [0.4, 0.5) is 26.1 Å². The van der Waals surface area contributed by atoms with E-state index in [4.69, 9.17) is 16.8 Å². The number of hydrogen-bond acceptors (Lipinski definition) is 4. The standard InChI is InChI=1S/C5H2F2N8/c6-1-3(8)2(7)5(13-15-10)11-4(1)12-14-9/h(H2,8,11). The first-order chi connectivity index (χ1) is 7.11. The molecule has 76 valence electrons. The lowest BCUT2D eigenvalue weighted by Crippen LogP contribution is -1.98. The van der Waals surface area contributed by atoms with Crippen LogP contribution in [0.15, 0.2) is 10.2 Å². The van der Waals surface area contributed by atoms with Crippen LogP contribution in [0.1, 0.15) is 0 Å². The van der Waals surface area contributed by atoms with Gasteiger partial charge in [0.1, 0.15) is 5.69 Å². The Bertz CT molecular complexity index is 456. The predicted octanol–water partition coefficient (Wildman–Crippen LogP) is 2.83. The molecule has 0 saturated heterocycles. The Balaban J connectivity index is 3.58. The number of anilines is 1. The average molecular weight is 212 g/mol. The summed E-state index contributed by atoms with van der Waals surface area (Å²) in [6.45, 7) is 0. The van der Waals surface area contributed by atoms with Gasteiger partial charge in [-0.1, -0.05) is 0 Å². The summed E-state index contributed by atoms with van der Waals surface area (Å²) in [5.41, 5.74) is 20.1. The third-order valence-corrected chi connectivity index (χ3v) is 1.36. The number of pyridine rings is 1. The lowest BCUT2D eigenvalue weighted by atomic mass is 10.3. The average Bonchev–Trinajstić information content (AvgIpc) is 2.22. The van der Waals surface area contributed by atoms with Crippen molar-refractivity contribution in [1.82, 2.24) is 4.98 Å². The van der Waals surface area contributed by atoms with E-state index in [1.54, 1.807) is 0 Å². The van der Waals surface area contributed by atoms with Crippen LogP contribution >= 0.6 is 0 Å². The molecular formula is C5H2F2N8. The number of rotatable bonds is 2. The highest BCUT2D eigenvalue weighted by Crippen LogP contribution is 2.29. The zero-order chi connectivity index (χ0) is 11.4. The smallest absolute Gasteiger partial charge is 0.177 e. The van der Waals surface area contributed by atoms with Crippen molar-refractivity contribution in [3.8, 4) is 0 Å². The van der Waals surface area contributed by atoms with Gasteiger partial charge in [0.05, 0.1) is 0 Å². The molecule has 1 heterocycles. The van der Waals surface area contributed by atoms with Gasteiger partial charge in [-0.3, -0.25) is 0 Å². The summed E-state index contributed by atoms with van der Waals surface area (Å²) >= 11 is 0. The van der Waals surface area contributed by atoms with Crippen molar-refractivity contribution in [1.29, 1.82) is 0 Å². The Labute approximate surface area is 80.6 Å². The fourth-order valence-corrected chi connectivity index (χ4v) is 0.753. The maximum absolute atomic E-state index is 13.0. The summed E-state index contributed by atoms with van der Waals surface area (Å²) in [5.74, 6) is -4.16. The van der Waals surface area contributed by atoms with Crippen molar-refractivity contribution in [2.45, 2.75) is 0 Å². The molecule has 2 N–H and O–H groups in total. The monoisotopic (exact) mass is 212 g/mol. The van der Waals surface area contributed by atoms with E-state index in [1.165, 1.54) is 0 Å². The van der Waals surface area contributed by atoms with Crippen molar-refractivity contribution in [2.24, 2.45) is 10.2 Å². The molecule has 0 radical (unpaired) electrons. The fraction of sp³-hybridized carbons (Fsp3) is 0. The minimum Gasteiger partial charge on any atom is -0.394 e. The third-order valence-electron chi connectivity index (χ3n) is 1.36. The van der Waals surface area contributed by atoms with Crippen LogP contribution in [0.2, 0.25) is 0 Å². The largest absolute Gasteiger partial charge is 0.394 e. The van der Waals surface area contributed by atoms with E-state index in [0.29, 0.717) is 0 Å². The van der Waals surface area contributed by atoms with Crippen LogP contribution in [-0.2, 0) is 0 Å². The number of nitrogens with zero attached hydrogens (tertiary/aromatic N) is 7. The van der Waals surface area contributed by atoms with Gasteiger partial charge in [-0.05, 0) is 21.3 Å². The van der Waals surface area contributed by atoms with Gasteiger partial charge in [-0.2, -0.15) is 0 Å². The zero-order valence-electron chi connectivity index (χ0n) is 6.96. The van der Waals surface area contributed by atoms with Crippen LogP contribution in [0.25, 0.3) is 20.9 Å². The molecule has 1 rings (SSSR count). The normalized spacial score (nSPS) is 8.93. The van der Waals surface area contributed by atoms with Gasteiger partial charge in [0.25, 0.3) is 0 Å². The van der Waals surface area contributed by atoms with Gasteiger partial charge in [-0.25, -0.2) is 13.8 Å². The topological polar surface area (TPSA) is 136 Å². The second-order valence-electron chi connectivity index (χ2n) is 2.18. The van der Waals surface area contributed by atoms with E-state index in [9.17, 15) is 8.78 Å². The first kappa shape index (κ1) is 10.5. The van der Waals surface area contributed by atoms with Crippen molar-refractivity contribution in [3.05, 3.63) is 32.5 Å². The van der Waals surface area contributed by atoms with Gasteiger partial charge in [0, 0.05) is 9.82 Å². The van der Waals surface area contributed by atoms with Gasteiger partial charge in [0.2, 0.25) is 0 Å². The van der Waals surface area contributed by atoms with E-state index in [1.807, 2.05) is 0 Å². The summed E-state index contributed by atoms with van der Waals surface area (Å²) in [5, 5.41) is 5.63. The van der Waals surface area contributed by atoms with Crippen LogP contribution in [0.3, 0.4) is 0 Å². The van der Waals surface area contributed by atoms with Crippen LogP contribution in [0.5, 0.6) is 0 Å². The molecule has 0 aliphatic heterocycles. The summed E-state index contributed by atoms with van der Waals surface area (Å²) in [6, 6.07) is 0. The molecule has 0 atom stereocenters. The Morgan fingerprint density at radius 3 is 1.80 bits per heavy atom. The fourth-order valence-electron chi connectivity index (χ4n) is 0.753. The number of hydrogen-bond donors (Lipinski definition) is 1. The molecule has 0 fully saturated rings. The molecule has 0 spiro atoms. The zero-order valence-corrected chi connectivity index (χ0v) is 6.96. The molecule has 0 bridgehead atoms. The Morgan fingerprint density at radius 2 is 1.47 bits per heavy atom. The Morgan fingerprint density at radius 1 is 1.07 bits per heavy atom. The Kier molecular flexibility index (Phi) is 2.87. The van der Waals surface area contributed by atoms with E-state index in [-0.39, 0.29) is 0 Å². The summed E-state index contributed by atoms with van der Waals surface area (Å²) in [6.07, 6.45) is 0. The highest BCUT2D eigenvalue weighted by atomic mass is 19.1. The summed E-state index contributed by atoms with van der Waals surface area (Å²) < 4.78 is 26.1. The molecular weight excluding hydrogens is 210 g/mol. The molecule has 0 aromatic carbocycles. The molecule has 1 aromatic rings.